The van der Waals surface area contributed by atoms with Gasteiger partial charge in [-0.3, -0.25) is 0 Å². The van der Waals surface area contributed by atoms with Crippen LogP contribution in [0.1, 0.15) is 0 Å². The molecule has 5 heteroatoms. The van der Waals surface area contributed by atoms with Crippen molar-refractivity contribution in [3.8, 4) is 0 Å². The van der Waals surface area contributed by atoms with Crippen molar-refractivity contribution >= 4 is 8.25 Å². The second kappa shape index (κ2) is 12.2. The Bertz CT molecular complexity index is 112. The van der Waals surface area contributed by atoms with E-state index in [9.17, 15) is 0 Å². The van der Waals surface area contributed by atoms with Crippen LogP contribution in [0.2, 0.25) is 0 Å². The van der Waals surface area contributed by atoms with Crippen molar-refractivity contribution in [2.75, 3.05) is 13.2 Å². The highest BCUT2D eigenvalue weighted by atomic mass is 31.1. The molecule has 0 atom stereocenters. The van der Waals surface area contributed by atoms with E-state index in [0.29, 0.717) is 13.2 Å². The van der Waals surface area contributed by atoms with Crippen molar-refractivity contribution in [3.63, 3.8) is 0 Å². The standard InChI is InChI=1S/C6H10O.HO3P/c1-3-5-7-6-4-2;1-4(2)3/h3-4H,1-2,5-6H2;(H-,1,2,3)/p+1. The first-order chi connectivity index (χ1) is 5.15. The summed E-state index contributed by atoms with van der Waals surface area (Å²) in [6.07, 6.45) is 3.42. The molecule has 0 rings (SSSR count). The van der Waals surface area contributed by atoms with E-state index in [0.717, 1.165) is 0 Å². The van der Waals surface area contributed by atoms with Crippen LogP contribution >= 0.6 is 8.25 Å². The lowest BCUT2D eigenvalue weighted by Crippen LogP contribution is -1.87. The molecule has 0 aromatic heterocycles. The Morgan fingerprint density at radius 2 is 1.55 bits per heavy atom. The van der Waals surface area contributed by atoms with Gasteiger partial charge >= 0.3 is 8.25 Å². The van der Waals surface area contributed by atoms with Gasteiger partial charge in [-0.2, -0.15) is 0 Å². The summed E-state index contributed by atoms with van der Waals surface area (Å²) in [4.78, 5) is 14.2. The fraction of sp³-hybridized carbons (Fsp3) is 0.333. The molecule has 11 heavy (non-hydrogen) atoms. The Morgan fingerprint density at radius 1 is 1.27 bits per heavy atom. The first-order valence-electron chi connectivity index (χ1n) is 2.79. The van der Waals surface area contributed by atoms with E-state index in [-0.39, 0.29) is 0 Å². The topological polar surface area (TPSA) is 66.8 Å². The minimum atomic E-state index is -2.87. The van der Waals surface area contributed by atoms with Gasteiger partial charge in [0.2, 0.25) is 0 Å². The molecule has 0 heterocycles. The van der Waals surface area contributed by atoms with Crippen LogP contribution in [0, 0.1) is 0 Å². The summed E-state index contributed by atoms with van der Waals surface area (Å²) in [6.45, 7) is 8.18. The molecule has 0 aromatic rings. The van der Waals surface area contributed by atoms with Gasteiger partial charge in [0.05, 0.1) is 13.2 Å². The molecule has 0 bridgehead atoms. The molecule has 0 aliphatic carbocycles. The van der Waals surface area contributed by atoms with E-state index in [1.54, 1.807) is 12.2 Å². The van der Waals surface area contributed by atoms with E-state index >= 15 is 0 Å². The highest BCUT2D eigenvalue weighted by Crippen LogP contribution is 1.98. The molecule has 0 saturated heterocycles. The Hall–Kier alpha value is -0.540. The van der Waals surface area contributed by atoms with Gasteiger partial charge in [-0.1, -0.05) is 12.2 Å². The minimum Gasteiger partial charge on any atom is -0.373 e. The predicted octanol–water partition coefficient (Wildman–Crippen LogP) is 1.00. The first kappa shape index (κ1) is 13.1. The van der Waals surface area contributed by atoms with Gasteiger partial charge in [-0.05, 0) is 0 Å². The molecule has 0 saturated carbocycles. The molecule has 0 spiro atoms. The second-order valence-corrected chi connectivity index (χ2v) is 1.87. The van der Waals surface area contributed by atoms with Gasteiger partial charge in [0.25, 0.3) is 0 Å². The van der Waals surface area contributed by atoms with Crippen molar-refractivity contribution < 1.29 is 19.1 Å². The average Bonchev–Trinajstić information content (AvgIpc) is 1.88. The molecular weight excluding hydrogens is 167 g/mol. The normalized spacial score (nSPS) is 7.45. The molecule has 0 aliphatic heterocycles. The highest BCUT2D eigenvalue weighted by Gasteiger charge is 1.93. The van der Waals surface area contributed by atoms with Crippen LogP contribution in [0.25, 0.3) is 0 Å². The number of rotatable bonds is 4. The SMILES string of the molecule is C=CCOCC=C.O=[P+](O)O. The molecule has 0 radical (unpaired) electrons. The lowest BCUT2D eigenvalue weighted by molar-refractivity contribution is 0.194. The molecule has 0 unspecified atom stereocenters. The average molecular weight is 179 g/mol. The third kappa shape index (κ3) is 44.0. The molecule has 2 N–H and O–H groups in total. The smallest absolute Gasteiger partial charge is 0.373 e. The van der Waals surface area contributed by atoms with Crippen LogP contribution in [0.4, 0.5) is 0 Å². The lowest BCUT2D eigenvalue weighted by Gasteiger charge is -1.89. The van der Waals surface area contributed by atoms with Gasteiger partial charge in [-0.15, -0.1) is 22.9 Å². The van der Waals surface area contributed by atoms with Crippen molar-refractivity contribution in [1.29, 1.82) is 0 Å². The fourth-order valence-electron chi connectivity index (χ4n) is 0.235. The van der Waals surface area contributed by atoms with Crippen LogP contribution < -0.4 is 0 Å². The molecule has 4 nitrogen and oxygen atoms in total. The third-order valence-corrected chi connectivity index (χ3v) is 0.471. The second-order valence-electron chi connectivity index (χ2n) is 1.37. The Labute approximate surface area is 66.8 Å². The maximum absolute atomic E-state index is 8.70. The molecule has 64 valence electrons. The van der Waals surface area contributed by atoms with Crippen LogP contribution in [-0.2, 0) is 9.30 Å². The summed E-state index contributed by atoms with van der Waals surface area (Å²) >= 11 is 0. The van der Waals surface area contributed by atoms with E-state index in [4.69, 9.17) is 19.1 Å². The molecule has 0 aliphatic rings. The Morgan fingerprint density at radius 3 is 1.73 bits per heavy atom. The summed E-state index contributed by atoms with van der Waals surface area (Å²) in [7, 11) is -2.87. The number of hydrogen-bond donors (Lipinski definition) is 2. The largest absolute Gasteiger partial charge is 0.692 e. The van der Waals surface area contributed by atoms with Gasteiger partial charge in [-0.25, -0.2) is 0 Å². The van der Waals surface area contributed by atoms with Gasteiger partial charge in [0.1, 0.15) is 0 Å². The predicted molar refractivity (Wildman–Crippen MR) is 43.3 cm³/mol. The summed E-state index contributed by atoms with van der Waals surface area (Å²) in [6, 6.07) is 0. The van der Waals surface area contributed by atoms with Crippen LogP contribution in [-0.4, -0.2) is 23.0 Å². The van der Waals surface area contributed by atoms with Gasteiger partial charge in [0, 0.05) is 4.57 Å². The summed E-state index contributed by atoms with van der Waals surface area (Å²) in [5.74, 6) is 0. The summed E-state index contributed by atoms with van der Waals surface area (Å²) < 4.78 is 13.6. The Kier molecular flexibility index (Phi) is 14.5. The van der Waals surface area contributed by atoms with Crippen molar-refractivity contribution in [1.82, 2.24) is 0 Å². The Balaban J connectivity index is 0. The number of ether oxygens (including phenoxy) is 1. The summed E-state index contributed by atoms with van der Waals surface area (Å²) in [5, 5.41) is 0. The van der Waals surface area contributed by atoms with Crippen LogP contribution in [0.3, 0.4) is 0 Å². The molecular formula is C6H12O4P+. The van der Waals surface area contributed by atoms with Gasteiger partial charge in [0.15, 0.2) is 0 Å². The molecule has 0 amide bonds. The van der Waals surface area contributed by atoms with Crippen molar-refractivity contribution in [2.45, 2.75) is 0 Å². The number of hydrogen-bond acceptors (Lipinski definition) is 2. The zero-order valence-corrected chi connectivity index (χ0v) is 7.04. The minimum absolute atomic E-state index is 0.617. The van der Waals surface area contributed by atoms with Crippen LogP contribution in [0.5, 0.6) is 0 Å². The summed E-state index contributed by atoms with van der Waals surface area (Å²) in [5.41, 5.74) is 0. The zero-order valence-electron chi connectivity index (χ0n) is 6.14. The zero-order chi connectivity index (χ0) is 9.11. The van der Waals surface area contributed by atoms with Crippen LogP contribution in [0.15, 0.2) is 25.3 Å². The van der Waals surface area contributed by atoms with Gasteiger partial charge < -0.3 is 4.74 Å². The molecule has 0 aromatic carbocycles. The van der Waals surface area contributed by atoms with E-state index in [2.05, 4.69) is 13.2 Å². The maximum atomic E-state index is 8.70. The van der Waals surface area contributed by atoms with Crippen molar-refractivity contribution in [2.24, 2.45) is 0 Å². The first-order valence-corrected chi connectivity index (χ1v) is 3.96. The quantitative estimate of drug-likeness (QED) is 0.384. The molecule has 0 fully saturated rings. The van der Waals surface area contributed by atoms with E-state index in [1.807, 2.05) is 0 Å². The lowest BCUT2D eigenvalue weighted by atomic mass is 10.6. The van der Waals surface area contributed by atoms with E-state index in [1.165, 1.54) is 0 Å². The maximum Gasteiger partial charge on any atom is 0.692 e. The van der Waals surface area contributed by atoms with Crippen molar-refractivity contribution in [3.05, 3.63) is 25.3 Å². The third-order valence-electron chi connectivity index (χ3n) is 0.471. The van der Waals surface area contributed by atoms with E-state index < -0.39 is 8.25 Å². The highest BCUT2D eigenvalue weighted by molar-refractivity contribution is 7.30. The monoisotopic (exact) mass is 179 g/mol. The fourth-order valence-corrected chi connectivity index (χ4v) is 0.235.